The van der Waals surface area contributed by atoms with E-state index < -0.39 is 0 Å². The van der Waals surface area contributed by atoms with Gasteiger partial charge in [-0.1, -0.05) is 17.4 Å². The van der Waals surface area contributed by atoms with Gasteiger partial charge in [0.15, 0.2) is 0 Å². The molecule has 0 atom stereocenters. The van der Waals surface area contributed by atoms with Gasteiger partial charge in [-0.25, -0.2) is 4.68 Å². The van der Waals surface area contributed by atoms with Crippen LogP contribution in [0.2, 0.25) is 0 Å². The van der Waals surface area contributed by atoms with E-state index in [1.807, 2.05) is 4.68 Å². The Balaban J connectivity index is 2.14. The van der Waals surface area contributed by atoms with Gasteiger partial charge in [-0.2, -0.15) is 0 Å². The van der Waals surface area contributed by atoms with Crippen molar-refractivity contribution in [3.8, 4) is 0 Å². The molecule has 1 saturated carbocycles. The van der Waals surface area contributed by atoms with Crippen LogP contribution in [0.3, 0.4) is 0 Å². The highest BCUT2D eigenvalue weighted by Crippen LogP contribution is 2.41. The Kier molecular flexibility index (Phi) is 3.50. The molecule has 0 unspecified atom stereocenters. The van der Waals surface area contributed by atoms with Gasteiger partial charge < -0.3 is 10.5 Å². The van der Waals surface area contributed by atoms with Crippen molar-refractivity contribution in [3.63, 3.8) is 0 Å². The topological polar surface area (TPSA) is 66.0 Å². The Morgan fingerprint density at radius 2 is 2.38 bits per heavy atom. The summed E-state index contributed by atoms with van der Waals surface area (Å²) < 4.78 is 6.94. The number of nitrogens with zero attached hydrogens (tertiary/aromatic N) is 3. The molecule has 0 aromatic carbocycles. The summed E-state index contributed by atoms with van der Waals surface area (Å²) in [5, 5.41) is 8.18. The highest BCUT2D eigenvalue weighted by atomic mass is 32.1. The summed E-state index contributed by atoms with van der Waals surface area (Å²) in [4.78, 5) is 0.347. The lowest BCUT2D eigenvalue weighted by atomic mass is 10.2. The molecule has 0 aliphatic heterocycles. The summed E-state index contributed by atoms with van der Waals surface area (Å²) in [5.41, 5.74) is 7.46. The first kappa shape index (κ1) is 11.5. The summed E-state index contributed by atoms with van der Waals surface area (Å²) in [6, 6.07) is 0. The van der Waals surface area contributed by atoms with E-state index in [4.69, 9.17) is 22.7 Å². The van der Waals surface area contributed by atoms with Crippen LogP contribution in [0.15, 0.2) is 0 Å². The molecule has 6 heteroatoms. The molecule has 1 heterocycles. The van der Waals surface area contributed by atoms with Gasteiger partial charge in [0.2, 0.25) is 0 Å². The van der Waals surface area contributed by atoms with Crippen molar-refractivity contribution in [3.05, 3.63) is 11.4 Å². The highest BCUT2D eigenvalue weighted by molar-refractivity contribution is 7.80. The van der Waals surface area contributed by atoms with E-state index in [1.54, 1.807) is 7.11 Å². The van der Waals surface area contributed by atoms with Crippen molar-refractivity contribution in [2.45, 2.75) is 31.7 Å². The van der Waals surface area contributed by atoms with E-state index in [9.17, 15) is 0 Å². The number of aryl methyl sites for hydroxylation is 1. The number of aromatic nitrogens is 3. The third kappa shape index (κ3) is 2.38. The van der Waals surface area contributed by atoms with E-state index in [1.165, 1.54) is 12.8 Å². The van der Waals surface area contributed by atoms with Crippen LogP contribution in [0.25, 0.3) is 0 Å². The van der Waals surface area contributed by atoms with Crippen LogP contribution in [-0.2, 0) is 11.3 Å². The summed E-state index contributed by atoms with van der Waals surface area (Å²) in [5.74, 6) is 0.550. The van der Waals surface area contributed by atoms with Gasteiger partial charge >= 0.3 is 0 Å². The van der Waals surface area contributed by atoms with Crippen molar-refractivity contribution >= 4 is 17.2 Å². The first-order valence-electron chi connectivity index (χ1n) is 5.46. The Hall–Kier alpha value is -1.01. The normalized spacial score (nSPS) is 15.3. The summed E-state index contributed by atoms with van der Waals surface area (Å²) >= 11 is 4.98. The number of ether oxygens (including phenoxy) is 1. The number of nitrogens with two attached hydrogens (primary N) is 1. The zero-order valence-corrected chi connectivity index (χ0v) is 10.2. The largest absolute Gasteiger partial charge is 0.388 e. The van der Waals surface area contributed by atoms with Crippen molar-refractivity contribution < 1.29 is 4.74 Å². The number of methoxy groups -OCH3 is 1. The number of thiocarbonyl (C=S) groups is 1. The molecule has 0 spiro atoms. The summed E-state index contributed by atoms with van der Waals surface area (Å²) in [7, 11) is 1.70. The maximum Gasteiger partial charge on any atom is 0.143 e. The van der Waals surface area contributed by atoms with Gasteiger partial charge in [0, 0.05) is 26.2 Å². The van der Waals surface area contributed by atoms with E-state index in [-0.39, 0.29) is 0 Å². The van der Waals surface area contributed by atoms with Crippen molar-refractivity contribution in [2.24, 2.45) is 5.73 Å². The Labute approximate surface area is 100.0 Å². The predicted octanol–water partition coefficient (Wildman–Crippen LogP) is 0.826. The van der Waals surface area contributed by atoms with E-state index in [0.717, 1.165) is 25.3 Å². The minimum Gasteiger partial charge on any atom is -0.388 e. The molecule has 1 aliphatic rings. The Morgan fingerprint density at radius 3 is 2.94 bits per heavy atom. The van der Waals surface area contributed by atoms with Gasteiger partial charge in [-0.05, 0) is 19.3 Å². The average Bonchev–Trinajstić information content (AvgIpc) is 3.00. The SMILES string of the molecule is COCCCn1nnc(C(N)=S)c1C1CC1. The van der Waals surface area contributed by atoms with Gasteiger partial charge in [0.1, 0.15) is 10.7 Å². The quantitative estimate of drug-likeness (QED) is 0.589. The first-order valence-corrected chi connectivity index (χ1v) is 5.87. The summed E-state index contributed by atoms with van der Waals surface area (Å²) in [6.45, 7) is 1.54. The van der Waals surface area contributed by atoms with Crippen LogP contribution in [0.1, 0.15) is 36.6 Å². The monoisotopic (exact) mass is 240 g/mol. The Morgan fingerprint density at radius 1 is 1.62 bits per heavy atom. The number of hydrogen-bond donors (Lipinski definition) is 1. The van der Waals surface area contributed by atoms with Gasteiger partial charge in [-0.15, -0.1) is 5.10 Å². The van der Waals surface area contributed by atoms with Crippen LogP contribution in [-0.4, -0.2) is 33.7 Å². The molecule has 0 radical (unpaired) electrons. The molecule has 1 fully saturated rings. The van der Waals surface area contributed by atoms with Gasteiger partial charge in [0.25, 0.3) is 0 Å². The Bertz CT molecular complexity index is 386. The van der Waals surface area contributed by atoms with Crippen molar-refractivity contribution in [1.29, 1.82) is 0 Å². The molecular weight excluding hydrogens is 224 g/mol. The average molecular weight is 240 g/mol. The third-order valence-electron chi connectivity index (χ3n) is 2.69. The number of hydrogen-bond acceptors (Lipinski definition) is 4. The zero-order chi connectivity index (χ0) is 11.5. The molecule has 0 amide bonds. The first-order chi connectivity index (χ1) is 7.74. The molecule has 1 aromatic heterocycles. The minimum atomic E-state index is 0.347. The standard InChI is InChI=1S/C10H16N4OS/c1-15-6-2-5-14-9(7-3-4-7)8(10(11)16)12-13-14/h7H,2-6H2,1H3,(H2,11,16). The van der Waals surface area contributed by atoms with Crippen molar-refractivity contribution in [1.82, 2.24) is 15.0 Å². The molecule has 5 nitrogen and oxygen atoms in total. The van der Waals surface area contributed by atoms with Gasteiger partial charge in [0.05, 0.1) is 5.69 Å². The molecule has 16 heavy (non-hydrogen) atoms. The van der Waals surface area contributed by atoms with Crippen LogP contribution >= 0.6 is 12.2 Å². The predicted molar refractivity (Wildman–Crippen MR) is 64.4 cm³/mol. The smallest absolute Gasteiger partial charge is 0.143 e. The van der Waals surface area contributed by atoms with Crippen molar-refractivity contribution in [2.75, 3.05) is 13.7 Å². The van der Waals surface area contributed by atoms with E-state index in [2.05, 4.69) is 10.3 Å². The molecule has 1 aromatic rings. The summed E-state index contributed by atoms with van der Waals surface area (Å²) in [6.07, 6.45) is 3.30. The van der Waals surface area contributed by atoms with Crippen LogP contribution in [0.5, 0.6) is 0 Å². The molecular formula is C10H16N4OS. The van der Waals surface area contributed by atoms with E-state index in [0.29, 0.717) is 16.6 Å². The van der Waals surface area contributed by atoms with Crippen LogP contribution < -0.4 is 5.73 Å². The zero-order valence-electron chi connectivity index (χ0n) is 9.35. The minimum absolute atomic E-state index is 0.347. The fraction of sp³-hybridized carbons (Fsp3) is 0.700. The molecule has 2 rings (SSSR count). The molecule has 88 valence electrons. The lowest BCUT2D eigenvalue weighted by molar-refractivity contribution is 0.188. The lowest BCUT2D eigenvalue weighted by Gasteiger charge is -2.05. The molecule has 0 saturated heterocycles. The fourth-order valence-electron chi connectivity index (χ4n) is 1.78. The van der Waals surface area contributed by atoms with Crippen LogP contribution in [0.4, 0.5) is 0 Å². The fourth-order valence-corrected chi connectivity index (χ4v) is 1.93. The van der Waals surface area contributed by atoms with Gasteiger partial charge in [-0.3, -0.25) is 0 Å². The second kappa shape index (κ2) is 4.88. The number of rotatable bonds is 6. The highest BCUT2D eigenvalue weighted by Gasteiger charge is 2.31. The molecule has 0 bridgehead atoms. The third-order valence-corrected chi connectivity index (χ3v) is 2.88. The maximum atomic E-state index is 5.64. The lowest BCUT2D eigenvalue weighted by Crippen LogP contribution is -2.14. The van der Waals surface area contributed by atoms with Crippen LogP contribution in [0, 0.1) is 0 Å². The second-order valence-corrected chi connectivity index (χ2v) is 4.47. The maximum absolute atomic E-state index is 5.64. The van der Waals surface area contributed by atoms with E-state index >= 15 is 0 Å². The second-order valence-electron chi connectivity index (χ2n) is 4.03. The molecule has 1 aliphatic carbocycles. The molecule has 2 N–H and O–H groups in total.